The van der Waals surface area contributed by atoms with E-state index in [1.165, 1.54) is 0 Å². The maximum Gasteiger partial charge on any atom is 0.250 e. The number of nitrogens with two attached hydrogens (primary N) is 1. The van der Waals surface area contributed by atoms with Crippen molar-refractivity contribution >= 4 is 17.4 Å². The fraction of sp³-hybridized carbons (Fsp3) is 0.476. The highest BCUT2D eigenvalue weighted by Crippen LogP contribution is 2.37. The van der Waals surface area contributed by atoms with Crippen LogP contribution in [-0.4, -0.2) is 41.2 Å². The number of primary amides is 1. The first kappa shape index (κ1) is 20.1. The van der Waals surface area contributed by atoms with Gasteiger partial charge in [0.2, 0.25) is 0 Å². The second-order valence-corrected chi connectivity index (χ2v) is 8.28. The SMILES string of the molecule is COC(C)CNc1cc(-n2nc(C)c3c2CC(C)(C)CC3=O)ccc1C(N)=O. The zero-order valence-corrected chi connectivity index (χ0v) is 17.1. The van der Waals surface area contributed by atoms with Crippen LogP contribution in [0.3, 0.4) is 0 Å². The number of anilines is 1. The number of nitrogens with zero attached hydrogens (tertiary/aromatic N) is 2. The van der Waals surface area contributed by atoms with Crippen molar-refractivity contribution in [2.45, 2.75) is 46.6 Å². The fourth-order valence-corrected chi connectivity index (χ4v) is 3.72. The molecule has 0 saturated heterocycles. The highest BCUT2D eigenvalue weighted by molar-refractivity contribution is 6.00. The summed E-state index contributed by atoms with van der Waals surface area (Å²) >= 11 is 0. The van der Waals surface area contributed by atoms with Crippen molar-refractivity contribution in [2.75, 3.05) is 19.0 Å². The van der Waals surface area contributed by atoms with E-state index in [1.807, 2.05) is 30.7 Å². The number of fused-ring (bicyclic) bond motifs is 1. The van der Waals surface area contributed by atoms with E-state index in [9.17, 15) is 9.59 Å². The molecule has 0 aliphatic heterocycles. The highest BCUT2D eigenvalue weighted by atomic mass is 16.5. The van der Waals surface area contributed by atoms with Gasteiger partial charge in [0.1, 0.15) is 0 Å². The van der Waals surface area contributed by atoms with Gasteiger partial charge in [0.25, 0.3) is 5.91 Å². The molecule has 0 radical (unpaired) electrons. The minimum atomic E-state index is -0.505. The van der Waals surface area contributed by atoms with Crippen LogP contribution < -0.4 is 11.1 Å². The predicted octanol–water partition coefficient (Wildman–Crippen LogP) is 2.88. The van der Waals surface area contributed by atoms with Crippen LogP contribution in [0.15, 0.2) is 18.2 Å². The Morgan fingerprint density at radius 2 is 2.11 bits per heavy atom. The Kier molecular flexibility index (Phi) is 5.30. The van der Waals surface area contributed by atoms with Crippen LogP contribution in [0.5, 0.6) is 0 Å². The molecule has 3 N–H and O–H groups in total. The summed E-state index contributed by atoms with van der Waals surface area (Å²) in [5, 5.41) is 7.87. The van der Waals surface area contributed by atoms with Crippen molar-refractivity contribution < 1.29 is 14.3 Å². The van der Waals surface area contributed by atoms with E-state index in [0.717, 1.165) is 29.1 Å². The van der Waals surface area contributed by atoms with Crippen molar-refractivity contribution in [3.05, 3.63) is 40.7 Å². The van der Waals surface area contributed by atoms with E-state index in [1.54, 1.807) is 13.2 Å². The Labute approximate surface area is 165 Å². The molecule has 1 heterocycles. The average Bonchev–Trinajstić information content (AvgIpc) is 2.94. The number of amides is 1. The van der Waals surface area contributed by atoms with Gasteiger partial charge >= 0.3 is 0 Å². The Morgan fingerprint density at radius 1 is 1.39 bits per heavy atom. The Hall–Kier alpha value is -2.67. The molecule has 1 aromatic carbocycles. The zero-order valence-electron chi connectivity index (χ0n) is 17.1. The molecule has 1 atom stereocenters. The highest BCUT2D eigenvalue weighted by Gasteiger charge is 2.35. The molecule has 0 saturated carbocycles. The Balaban J connectivity index is 2.06. The van der Waals surface area contributed by atoms with E-state index in [-0.39, 0.29) is 17.3 Å². The summed E-state index contributed by atoms with van der Waals surface area (Å²) in [6.07, 6.45) is 1.26. The van der Waals surface area contributed by atoms with Crippen LogP contribution in [0.25, 0.3) is 5.69 Å². The first-order chi connectivity index (χ1) is 13.1. The molecule has 150 valence electrons. The lowest BCUT2D eigenvalue weighted by atomic mass is 9.75. The van der Waals surface area contributed by atoms with Crippen LogP contribution >= 0.6 is 0 Å². The van der Waals surface area contributed by atoms with E-state index < -0.39 is 5.91 Å². The van der Waals surface area contributed by atoms with Crippen molar-refractivity contribution in [1.82, 2.24) is 9.78 Å². The van der Waals surface area contributed by atoms with Gasteiger partial charge in [-0.15, -0.1) is 0 Å². The van der Waals surface area contributed by atoms with Gasteiger partial charge in [-0.05, 0) is 43.9 Å². The minimum absolute atomic E-state index is 0.0255. The molecule has 0 bridgehead atoms. The number of aromatic nitrogens is 2. The molecule has 0 spiro atoms. The van der Waals surface area contributed by atoms with Gasteiger partial charge in [0, 0.05) is 25.8 Å². The van der Waals surface area contributed by atoms with E-state index in [0.29, 0.717) is 24.2 Å². The standard InChI is InChI=1S/C21H28N4O3/c1-12(28-5)11-23-16-8-14(6-7-15(16)20(22)27)25-17-9-21(3,4)10-18(26)19(17)13(2)24-25/h6-8,12,23H,9-11H2,1-5H3,(H2,22,27). The van der Waals surface area contributed by atoms with Crippen LogP contribution in [0.4, 0.5) is 5.69 Å². The number of carbonyl (C=O) groups is 2. The number of methoxy groups -OCH3 is 1. The topological polar surface area (TPSA) is 99.2 Å². The number of rotatable bonds is 6. The molecule has 2 aromatic rings. The van der Waals surface area contributed by atoms with Crippen LogP contribution in [0.2, 0.25) is 0 Å². The number of nitrogens with one attached hydrogen (secondary N) is 1. The smallest absolute Gasteiger partial charge is 0.250 e. The first-order valence-electron chi connectivity index (χ1n) is 9.45. The summed E-state index contributed by atoms with van der Waals surface area (Å²) in [6.45, 7) is 8.51. The average molecular weight is 384 g/mol. The molecule has 3 rings (SSSR count). The third-order valence-electron chi connectivity index (χ3n) is 5.22. The first-order valence-corrected chi connectivity index (χ1v) is 9.45. The second-order valence-electron chi connectivity index (χ2n) is 8.28. The molecule has 1 aromatic heterocycles. The molecule has 7 nitrogen and oxygen atoms in total. The number of aryl methyl sites for hydroxylation is 1. The molecule has 28 heavy (non-hydrogen) atoms. The van der Waals surface area contributed by atoms with Crippen LogP contribution in [0.1, 0.15) is 59.3 Å². The number of carbonyl (C=O) groups excluding carboxylic acids is 2. The monoisotopic (exact) mass is 384 g/mol. The molecule has 1 amide bonds. The molecular weight excluding hydrogens is 356 g/mol. The van der Waals surface area contributed by atoms with Gasteiger partial charge in [-0.25, -0.2) is 4.68 Å². The summed E-state index contributed by atoms with van der Waals surface area (Å²) in [5.41, 5.74) is 9.60. The predicted molar refractivity (Wildman–Crippen MR) is 108 cm³/mol. The lowest BCUT2D eigenvalue weighted by Gasteiger charge is -2.29. The van der Waals surface area contributed by atoms with Gasteiger partial charge in [-0.3, -0.25) is 9.59 Å². The number of benzene rings is 1. The third-order valence-corrected chi connectivity index (χ3v) is 5.22. The maximum absolute atomic E-state index is 12.6. The molecule has 1 aliphatic rings. The normalized spacial score (nSPS) is 16.5. The van der Waals surface area contributed by atoms with E-state index in [4.69, 9.17) is 10.5 Å². The van der Waals surface area contributed by atoms with Gasteiger partial charge in [0.05, 0.1) is 34.3 Å². The maximum atomic E-state index is 12.6. The van der Waals surface area contributed by atoms with Crippen LogP contribution in [-0.2, 0) is 11.2 Å². The van der Waals surface area contributed by atoms with Gasteiger partial charge < -0.3 is 15.8 Å². The quantitative estimate of drug-likeness (QED) is 0.798. The number of hydrogen-bond donors (Lipinski definition) is 2. The molecule has 1 unspecified atom stereocenters. The van der Waals surface area contributed by atoms with Gasteiger partial charge in [-0.2, -0.15) is 5.10 Å². The summed E-state index contributed by atoms with van der Waals surface area (Å²) in [5.74, 6) is -0.370. The lowest BCUT2D eigenvalue weighted by Crippen LogP contribution is -2.28. The largest absolute Gasteiger partial charge is 0.382 e. The minimum Gasteiger partial charge on any atom is -0.382 e. The lowest BCUT2D eigenvalue weighted by molar-refractivity contribution is 0.0909. The summed E-state index contributed by atoms with van der Waals surface area (Å²) in [4.78, 5) is 24.5. The summed E-state index contributed by atoms with van der Waals surface area (Å²) < 4.78 is 7.08. The number of ether oxygens (including phenoxy) is 1. The zero-order chi connectivity index (χ0) is 20.6. The number of Topliss-reactive ketones (excluding diaryl/α,β-unsaturated/α-hetero) is 1. The molecule has 7 heteroatoms. The molecule has 1 aliphatic carbocycles. The third kappa shape index (κ3) is 3.80. The fourth-order valence-electron chi connectivity index (χ4n) is 3.72. The second kappa shape index (κ2) is 7.39. The van der Waals surface area contributed by atoms with Crippen LogP contribution in [0, 0.1) is 12.3 Å². The van der Waals surface area contributed by atoms with Gasteiger partial charge in [-0.1, -0.05) is 13.8 Å². The van der Waals surface area contributed by atoms with Crippen molar-refractivity contribution in [3.8, 4) is 5.69 Å². The van der Waals surface area contributed by atoms with E-state index >= 15 is 0 Å². The van der Waals surface area contributed by atoms with E-state index in [2.05, 4.69) is 24.3 Å². The summed E-state index contributed by atoms with van der Waals surface area (Å²) in [6, 6.07) is 5.35. The van der Waals surface area contributed by atoms with Gasteiger partial charge in [0.15, 0.2) is 5.78 Å². The van der Waals surface area contributed by atoms with Crippen molar-refractivity contribution in [1.29, 1.82) is 0 Å². The Morgan fingerprint density at radius 3 is 2.75 bits per heavy atom. The number of hydrogen-bond acceptors (Lipinski definition) is 5. The molecule has 0 fully saturated rings. The summed E-state index contributed by atoms with van der Waals surface area (Å²) in [7, 11) is 1.63. The Bertz CT molecular complexity index is 930. The van der Waals surface area contributed by atoms with Crippen molar-refractivity contribution in [2.24, 2.45) is 11.1 Å². The number of ketones is 1. The van der Waals surface area contributed by atoms with Crippen molar-refractivity contribution in [3.63, 3.8) is 0 Å². The molecular formula is C21H28N4O3.